The Morgan fingerprint density at radius 1 is 0.970 bits per heavy atom. The predicted octanol–water partition coefficient (Wildman–Crippen LogP) is 4.73. The van der Waals surface area contributed by atoms with Gasteiger partial charge in [0.05, 0.1) is 16.9 Å². The van der Waals surface area contributed by atoms with Gasteiger partial charge in [-0.2, -0.15) is 0 Å². The molecule has 3 aromatic rings. The molecule has 0 amide bonds. The Bertz CT molecular complexity index is 1180. The molecule has 2 aliphatic rings. The van der Waals surface area contributed by atoms with E-state index < -0.39 is 0 Å². The first kappa shape index (κ1) is 21.9. The number of amidine groups is 1. The lowest BCUT2D eigenvalue weighted by atomic mass is 10.2. The van der Waals surface area contributed by atoms with E-state index >= 15 is 0 Å². The molecule has 0 atom stereocenters. The van der Waals surface area contributed by atoms with Gasteiger partial charge in [-0.3, -0.25) is 9.47 Å². The smallest absolute Gasteiger partial charge is 0.197 e. The maximum absolute atomic E-state index is 10.3. The van der Waals surface area contributed by atoms with Crippen LogP contribution in [0.3, 0.4) is 0 Å². The SMILES string of the molecule is Cc1cc2c(s1)Nc1ccccc1N=C2N1CCN(CCCn2c(O)c(C)c(C)c2O)CC1. The zero-order valence-corrected chi connectivity index (χ0v) is 20.2. The summed E-state index contributed by atoms with van der Waals surface area (Å²) < 4.78 is 1.62. The number of aromatic hydroxyl groups is 2. The van der Waals surface area contributed by atoms with Crippen molar-refractivity contribution in [3.8, 4) is 11.8 Å². The van der Waals surface area contributed by atoms with Gasteiger partial charge >= 0.3 is 0 Å². The van der Waals surface area contributed by atoms with Crippen molar-refractivity contribution < 1.29 is 10.2 Å². The molecule has 174 valence electrons. The van der Waals surface area contributed by atoms with Crippen LogP contribution >= 0.6 is 11.3 Å². The number of fused-ring (bicyclic) bond motifs is 2. The molecule has 8 heteroatoms. The predicted molar refractivity (Wildman–Crippen MR) is 135 cm³/mol. The van der Waals surface area contributed by atoms with Crippen LogP contribution in [0.2, 0.25) is 0 Å². The van der Waals surface area contributed by atoms with E-state index in [2.05, 4.69) is 40.2 Å². The number of thiophene rings is 1. The second-order valence-corrected chi connectivity index (χ2v) is 10.2. The Morgan fingerprint density at radius 2 is 1.67 bits per heavy atom. The van der Waals surface area contributed by atoms with Crippen LogP contribution in [-0.4, -0.2) is 63.1 Å². The summed E-state index contributed by atoms with van der Waals surface area (Å²) in [7, 11) is 0. The highest BCUT2D eigenvalue weighted by molar-refractivity contribution is 7.16. The Labute approximate surface area is 198 Å². The summed E-state index contributed by atoms with van der Waals surface area (Å²) in [5.41, 5.74) is 4.73. The van der Waals surface area contributed by atoms with Gasteiger partial charge in [-0.05, 0) is 51.9 Å². The van der Waals surface area contributed by atoms with Crippen molar-refractivity contribution in [1.29, 1.82) is 0 Å². The van der Waals surface area contributed by atoms with Gasteiger partial charge in [0, 0.05) is 48.7 Å². The molecule has 0 unspecified atom stereocenters. The van der Waals surface area contributed by atoms with E-state index in [9.17, 15) is 10.2 Å². The third-order valence-corrected chi connectivity index (χ3v) is 7.71. The molecule has 2 aliphatic heterocycles. The maximum Gasteiger partial charge on any atom is 0.197 e. The van der Waals surface area contributed by atoms with Crippen molar-refractivity contribution in [3.05, 3.63) is 51.9 Å². The van der Waals surface area contributed by atoms with E-state index in [4.69, 9.17) is 4.99 Å². The second-order valence-electron chi connectivity index (χ2n) is 8.91. The molecule has 1 aromatic carbocycles. The van der Waals surface area contributed by atoms with Gasteiger partial charge in [0.1, 0.15) is 10.8 Å². The number of rotatable bonds is 4. The summed E-state index contributed by atoms with van der Waals surface area (Å²) >= 11 is 1.78. The first-order valence-corrected chi connectivity index (χ1v) is 12.3. The number of aromatic nitrogens is 1. The molecular weight excluding hydrogens is 434 g/mol. The van der Waals surface area contributed by atoms with Gasteiger partial charge in [0.15, 0.2) is 11.8 Å². The third kappa shape index (κ3) is 4.09. The van der Waals surface area contributed by atoms with E-state index in [1.54, 1.807) is 15.9 Å². The van der Waals surface area contributed by atoms with Crippen LogP contribution in [0, 0.1) is 20.8 Å². The van der Waals surface area contributed by atoms with E-state index in [1.165, 1.54) is 10.4 Å². The first-order valence-electron chi connectivity index (χ1n) is 11.5. The van der Waals surface area contributed by atoms with Crippen LogP contribution in [0.25, 0.3) is 0 Å². The molecule has 0 bridgehead atoms. The molecule has 5 rings (SSSR count). The fourth-order valence-corrected chi connectivity index (χ4v) is 5.60. The lowest BCUT2D eigenvalue weighted by Crippen LogP contribution is -2.49. The van der Waals surface area contributed by atoms with Crippen LogP contribution in [0.5, 0.6) is 11.8 Å². The molecule has 7 nitrogen and oxygen atoms in total. The zero-order valence-electron chi connectivity index (χ0n) is 19.4. The zero-order chi connectivity index (χ0) is 23.1. The maximum atomic E-state index is 10.3. The highest BCUT2D eigenvalue weighted by Gasteiger charge is 2.26. The van der Waals surface area contributed by atoms with Gasteiger partial charge < -0.3 is 20.4 Å². The van der Waals surface area contributed by atoms with Crippen LogP contribution in [0.1, 0.15) is 28.0 Å². The van der Waals surface area contributed by atoms with Crippen LogP contribution < -0.4 is 5.32 Å². The van der Waals surface area contributed by atoms with Crippen molar-refractivity contribution in [1.82, 2.24) is 14.4 Å². The topological polar surface area (TPSA) is 76.3 Å². The van der Waals surface area contributed by atoms with Crippen molar-refractivity contribution in [2.45, 2.75) is 33.7 Å². The Kier molecular flexibility index (Phi) is 5.80. The minimum Gasteiger partial charge on any atom is -0.494 e. The monoisotopic (exact) mass is 465 g/mol. The van der Waals surface area contributed by atoms with Crippen molar-refractivity contribution >= 4 is 33.5 Å². The van der Waals surface area contributed by atoms with E-state index in [1.807, 2.05) is 26.0 Å². The number of aryl methyl sites for hydroxylation is 1. The lowest BCUT2D eigenvalue weighted by Gasteiger charge is -2.36. The quantitative estimate of drug-likeness (QED) is 0.519. The minimum atomic E-state index is 0.178. The fourth-order valence-electron chi connectivity index (χ4n) is 4.68. The van der Waals surface area contributed by atoms with E-state index in [0.29, 0.717) is 6.54 Å². The summed E-state index contributed by atoms with van der Waals surface area (Å²) in [4.78, 5) is 11.2. The van der Waals surface area contributed by atoms with Gasteiger partial charge in [-0.15, -0.1) is 11.3 Å². The molecule has 0 saturated carbocycles. The Balaban J connectivity index is 1.25. The summed E-state index contributed by atoms with van der Waals surface area (Å²) in [6.45, 7) is 11.1. The van der Waals surface area contributed by atoms with Gasteiger partial charge in [-0.1, -0.05) is 12.1 Å². The number of hydrogen-bond donors (Lipinski definition) is 3. The van der Waals surface area contributed by atoms with E-state index in [0.717, 1.165) is 72.5 Å². The largest absolute Gasteiger partial charge is 0.494 e. The summed E-state index contributed by atoms with van der Waals surface area (Å²) in [6.07, 6.45) is 0.876. The number of benzene rings is 1. The van der Waals surface area contributed by atoms with Gasteiger partial charge in [0.25, 0.3) is 0 Å². The number of para-hydroxylation sites is 2. The molecule has 2 aromatic heterocycles. The first-order chi connectivity index (χ1) is 15.9. The second kappa shape index (κ2) is 8.76. The minimum absolute atomic E-state index is 0.178. The van der Waals surface area contributed by atoms with Gasteiger partial charge in [0.2, 0.25) is 0 Å². The van der Waals surface area contributed by atoms with Crippen molar-refractivity contribution in [2.24, 2.45) is 4.99 Å². The average molecular weight is 466 g/mol. The molecule has 1 fully saturated rings. The highest BCUT2D eigenvalue weighted by atomic mass is 32.1. The molecule has 0 aliphatic carbocycles. The summed E-state index contributed by atoms with van der Waals surface area (Å²) in [5, 5.41) is 25.3. The van der Waals surface area contributed by atoms with E-state index in [-0.39, 0.29) is 11.8 Å². The summed E-state index contributed by atoms with van der Waals surface area (Å²) in [5.74, 6) is 1.41. The Morgan fingerprint density at radius 3 is 2.39 bits per heavy atom. The molecule has 4 heterocycles. The fraction of sp³-hybridized carbons (Fsp3) is 0.400. The number of anilines is 2. The molecule has 1 saturated heterocycles. The standard InChI is InChI=1S/C25H31N5O2S/c1-16-15-19-22(26-20-7-4-5-8-21(20)27-23(19)33-16)29-13-11-28(12-14-29)9-6-10-30-24(31)17(2)18(3)25(30)32/h4-5,7-8,15,27,31-32H,6,9-14H2,1-3H3. The van der Waals surface area contributed by atoms with Crippen molar-refractivity contribution in [3.63, 3.8) is 0 Å². The molecule has 3 N–H and O–H groups in total. The highest BCUT2D eigenvalue weighted by Crippen LogP contribution is 2.39. The molecule has 0 spiro atoms. The molecular formula is C25H31N5O2S. The molecule has 0 radical (unpaired) electrons. The normalized spacial score (nSPS) is 16.1. The average Bonchev–Trinajstić information content (AvgIpc) is 3.20. The molecule has 33 heavy (non-hydrogen) atoms. The number of nitrogens with zero attached hydrogens (tertiary/aromatic N) is 4. The van der Waals surface area contributed by atoms with Crippen molar-refractivity contribution in [2.75, 3.05) is 38.0 Å². The third-order valence-electron chi connectivity index (χ3n) is 6.75. The van der Waals surface area contributed by atoms with Crippen LogP contribution in [-0.2, 0) is 6.54 Å². The van der Waals surface area contributed by atoms with Crippen LogP contribution in [0.4, 0.5) is 16.4 Å². The van der Waals surface area contributed by atoms with Gasteiger partial charge in [-0.25, -0.2) is 4.99 Å². The number of piperazine rings is 1. The Hall–Kier alpha value is -2.97. The number of hydrogen-bond acceptors (Lipinski definition) is 7. The number of nitrogens with one attached hydrogen (secondary N) is 1. The summed E-state index contributed by atoms with van der Waals surface area (Å²) in [6, 6.07) is 10.5. The lowest BCUT2D eigenvalue weighted by molar-refractivity contribution is 0.177. The van der Waals surface area contributed by atoms with Crippen LogP contribution in [0.15, 0.2) is 35.3 Å². The number of aliphatic imine (C=N–C) groups is 1.